The maximum atomic E-state index is 5.69. The maximum absolute atomic E-state index is 5.69. The van der Waals surface area contributed by atoms with E-state index >= 15 is 0 Å². The van der Waals surface area contributed by atoms with Crippen LogP contribution in [0, 0.1) is 0 Å². The molecule has 0 atom stereocenters. The Bertz CT molecular complexity index is 514. The quantitative estimate of drug-likeness (QED) is 0.864. The zero-order valence-corrected chi connectivity index (χ0v) is 12.5. The van der Waals surface area contributed by atoms with Crippen molar-refractivity contribution in [2.24, 2.45) is 0 Å². The molecule has 2 aromatic rings. The van der Waals surface area contributed by atoms with E-state index in [-0.39, 0.29) is 0 Å². The van der Waals surface area contributed by atoms with Gasteiger partial charge in [0.15, 0.2) is 0 Å². The van der Waals surface area contributed by atoms with Gasteiger partial charge in [-0.3, -0.25) is 0 Å². The maximum Gasteiger partial charge on any atom is 0.215 e. The summed E-state index contributed by atoms with van der Waals surface area (Å²) < 4.78 is 6.76. The average Bonchev–Trinajstić information content (AvgIpc) is 2.45. The summed E-state index contributed by atoms with van der Waals surface area (Å²) in [5, 5.41) is 3.24. The highest BCUT2D eigenvalue weighted by atomic mass is 79.9. The Morgan fingerprint density at radius 3 is 2.68 bits per heavy atom. The third-order valence-electron chi connectivity index (χ3n) is 2.58. The molecule has 0 aliphatic carbocycles. The lowest BCUT2D eigenvalue weighted by Gasteiger charge is -2.08. The van der Waals surface area contributed by atoms with Crippen molar-refractivity contribution >= 4 is 21.7 Å². The lowest BCUT2D eigenvalue weighted by molar-refractivity contribution is 0.294. The van der Waals surface area contributed by atoms with E-state index < -0.39 is 0 Å². The number of nitrogens with one attached hydrogen (secondary N) is 1. The molecular weight excluding hydrogens is 304 g/mol. The number of aromatic nitrogens is 1. The van der Waals surface area contributed by atoms with Crippen LogP contribution in [0.3, 0.4) is 0 Å². The van der Waals surface area contributed by atoms with E-state index in [0.717, 1.165) is 28.8 Å². The number of rotatable bonds is 6. The Hall–Kier alpha value is -1.55. The number of halogens is 1. The van der Waals surface area contributed by atoms with Crippen molar-refractivity contribution in [2.45, 2.75) is 20.0 Å². The Labute approximate surface area is 122 Å². The lowest BCUT2D eigenvalue weighted by atomic mass is 10.2. The van der Waals surface area contributed by atoms with Crippen molar-refractivity contribution in [3.05, 3.63) is 52.5 Å². The lowest BCUT2D eigenvalue weighted by Crippen LogP contribution is -2.03. The summed E-state index contributed by atoms with van der Waals surface area (Å²) in [4.78, 5) is 4.40. The first-order chi connectivity index (χ1) is 9.28. The normalized spacial score (nSPS) is 10.2. The van der Waals surface area contributed by atoms with E-state index in [1.165, 1.54) is 0 Å². The predicted octanol–water partition coefficient (Wildman–Crippen LogP) is 4.25. The highest BCUT2D eigenvalue weighted by molar-refractivity contribution is 9.10. The van der Waals surface area contributed by atoms with Crippen LogP contribution in [-0.2, 0) is 6.61 Å². The highest BCUT2D eigenvalue weighted by Crippen LogP contribution is 2.15. The number of ether oxygens (including phenoxy) is 1. The molecule has 1 aromatic heterocycles. The van der Waals surface area contributed by atoms with Crippen molar-refractivity contribution in [1.29, 1.82) is 0 Å². The topological polar surface area (TPSA) is 34.1 Å². The standard InChI is InChI=1S/C15H17BrN2O/c1-2-10-17-14-4-3-5-15(18-14)19-11-12-6-8-13(16)9-7-12/h3-9H,2,10-11H2,1H3,(H,17,18). The molecule has 2 rings (SSSR count). The summed E-state index contributed by atoms with van der Waals surface area (Å²) in [6, 6.07) is 13.8. The summed E-state index contributed by atoms with van der Waals surface area (Å²) in [5.41, 5.74) is 1.12. The molecule has 0 saturated carbocycles. The predicted molar refractivity (Wildman–Crippen MR) is 81.5 cm³/mol. The summed E-state index contributed by atoms with van der Waals surface area (Å²) >= 11 is 3.41. The highest BCUT2D eigenvalue weighted by Gasteiger charge is 1.99. The molecule has 0 radical (unpaired) electrons. The Kier molecular flexibility index (Phi) is 5.21. The molecule has 0 saturated heterocycles. The van der Waals surface area contributed by atoms with Gasteiger partial charge in [0.05, 0.1) is 0 Å². The van der Waals surface area contributed by atoms with Gasteiger partial charge in [-0.05, 0) is 30.2 Å². The molecule has 3 nitrogen and oxygen atoms in total. The van der Waals surface area contributed by atoms with E-state index in [2.05, 4.69) is 33.2 Å². The molecule has 100 valence electrons. The third-order valence-corrected chi connectivity index (χ3v) is 3.11. The number of hydrogen-bond acceptors (Lipinski definition) is 3. The number of benzene rings is 1. The molecule has 0 spiro atoms. The largest absolute Gasteiger partial charge is 0.473 e. The molecule has 0 amide bonds. The van der Waals surface area contributed by atoms with Crippen molar-refractivity contribution in [3.63, 3.8) is 0 Å². The van der Waals surface area contributed by atoms with Crippen LogP contribution in [0.1, 0.15) is 18.9 Å². The molecule has 1 aromatic carbocycles. The first-order valence-electron chi connectivity index (χ1n) is 6.36. The SMILES string of the molecule is CCCNc1cccc(OCc2ccc(Br)cc2)n1. The average molecular weight is 321 g/mol. The van der Waals surface area contributed by atoms with Crippen LogP contribution >= 0.6 is 15.9 Å². The summed E-state index contributed by atoms with van der Waals surface area (Å²) in [6.45, 7) is 3.57. The van der Waals surface area contributed by atoms with E-state index in [9.17, 15) is 0 Å². The number of nitrogens with zero attached hydrogens (tertiary/aromatic N) is 1. The molecule has 0 aliphatic heterocycles. The fourth-order valence-electron chi connectivity index (χ4n) is 1.58. The number of anilines is 1. The zero-order valence-electron chi connectivity index (χ0n) is 10.9. The smallest absolute Gasteiger partial charge is 0.215 e. The molecule has 19 heavy (non-hydrogen) atoms. The molecular formula is C15H17BrN2O. The summed E-state index contributed by atoms with van der Waals surface area (Å²) in [6.07, 6.45) is 1.08. The minimum absolute atomic E-state index is 0.525. The summed E-state index contributed by atoms with van der Waals surface area (Å²) in [7, 11) is 0. The molecule has 1 N–H and O–H groups in total. The monoisotopic (exact) mass is 320 g/mol. The number of pyridine rings is 1. The van der Waals surface area contributed by atoms with Gasteiger partial charge in [-0.15, -0.1) is 0 Å². The fraction of sp³-hybridized carbons (Fsp3) is 0.267. The molecule has 4 heteroatoms. The summed E-state index contributed by atoms with van der Waals surface area (Å²) in [5.74, 6) is 1.50. The Morgan fingerprint density at radius 1 is 1.16 bits per heavy atom. The third kappa shape index (κ3) is 4.56. The van der Waals surface area contributed by atoms with Gasteiger partial charge in [0.25, 0.3) is 0 Å². The van der Waals surface area contributed by atoms with Crippen molar-refractivity contribution in [3.8, 4) is 5.88 Å². The first kappa shape index (κ1) is 13.9. The van der Waals surface area contributed by atoms with Crippen LogP contribution in [0.5, 0.6) is 5.88 Å². The van der Waals surface area contributed by atoms with Crippen molar-refractivity contribution in [1.82, 2.24) is 4.98 Å². The van der Waals surface area contributed by atoms with Gasteiger partial charge in [0.2, 0.25) is 5.88 Å². The van der Waals surface area contributed by atoms with Crippen LogP contribution in [0.4, 0.5) is 5.82 Å². The van der Waals surface area contributed by atoms with Crippen molar-refractivity contribution in [2.75, 3.05) is 11.9 Å². The van der Waals surface area contributed by atoms with Gasteiger partial charge < -0.3 is 10.1 Å². The molecule has 1 heterocycles. The number of hydrogen-bond donors (Lipinski definition) is 1. The molecule has 0 unspecified atom stereocenters. The second-order valence-electron chi connectivity index (χ2n) is 4.20. The van der Waals surface area contributed by atoms with E-state index in [1.807, 2.05) is 42.5 Å². The van der Waals surface area contributed by atoms with E-state index in [4.69, 9.17) is 4.74 Å². The fourth-order valence-corrected chi connectivity index (χ4v) is 1.85. The zero-order chi connectivity index (χ0) is 13.5. The van der Waals surface area contributed by atoms with E-state index in [1.54, 1.807) is 0 Å². The molecule has 0 bridgehead atoms. The van der Waals surface area contributed by atoms with Gasteiger partial charge in [0.1, 0.15) is 12.4 Å². The van der Waals surface area contributed by atoms with Crippen LogP contribution < -0.4 is 10.1 Å². The van der Waals surface area contributed by atoms with E-state index in [0.29, 0.717) is 12.5 Å². The van der Waals surface area contributed by atoms with Gasteiger partial charge in [-0.25, -0.2) is 0 Å². The van der Waals surface area contributed by atoms with Gasteiger partial charge in [-0.1, -0.05) is 41.1 Å². The molecule has 0 aliphatic rings. The van der Waals surface area contributed by atoms with Crippen LogP contribution in [0.2, 0.25) is 0 Å². The second-order valence-corrected chi connectivity index (χ2v) is 5.12. The van der Waals surface area contributed by atoms with Gasteiger partial charge >= 0.3 is 0 Å². The Morgan fingerprint density at radius 2 is 1.95 bits per heavy atom. The van der Waals surface area contributed by atoms with Gasteiger partial charge in [-0.2, -0.15) is 4.98 Å². The second kappa shape index (κ2) is 7.14. The van der Waals surface area contributed by atoms with Crippen LogP contribution in [0.15, 0.2) is 46.9 Å². The molecule has 0 fully saturated rings. The first-order valence-corrected chi connectivity index (χ1v) is 7.15. The van der Waals surface area contributed by atoms with Crippen molar-refractivity contribution < 1.29 is 4.74 Å². The Balaban J connectivity index is 1.93. The minimum atomic E-state index is 0.525. The van der Waals surface area contributed by atoms with Gasteiger partial charge in [0, 0.05) is 17.1 Å². The van der Waals surface area contributed by atoms with Crippen LogP contribution in [0.25, 0.3) is 0 Å². The minimum Gasteiger partial charge on any atom is -0.473 e. The van der Waals surface area contributed by atoms with Crippen LogP contribution in [-0.4, -0.2) is 11.5 Å².